The number of fused-ring (bicyclic) bond motifs is 1. The lowest BCUT2D eigenvalue weighted by molar-refractivity contribution is 0.557. The van der Waals surface area contributed by atoms with Gasteiger partial charge in [-0.05, 0) is 42.0 Å². The number of benzene rings is 3. The standard InChI is InChI=1S/C25H19N5O2S3/c1-27-21(17-26)24(18-7-3-2-4-8-18)29-35(31)32-20-13-11-19(12-14-20)28-25-30(15-16-33)22-9-5-6-10-23(22)34-25/h2-14,29,33H,15-16H2. The molecule has 1 heterocycles. The van der Waals surface area contributed by atoms with E-state index in [0.29, 0.717) is 17.1 Å². The molecular weight excluding hydrogens is 499 g/mol. The first-order valence-electron chi connectivity index (χ1n) is 10.4. The Labute approximate surface area is 214 Å². The third-order valence-electron chi connectivity index (χ3n) is 4.85. The Morgan fingerprint density at radius 1 is 1.14 bits per heavy atom. The maximum Gasteiger partial charge on any atom is 0.314 e. The Morgan fingerprint density at radius 2 is 1.86 bits per heavy atom. The Bertz CT molecular complexity index is 1530. The highest BCUT2D eigenvalue weighted by Crippen LogP contribution is 2.22. The summed E-state index contributed by atoms with van der Waals surface area (Å²) >= 11 is 3.95. The van der Waals surface area contributed by atoms with Crippen molar-refractivity contribution in [2.45, 2.75) is 6.54 Å². The smallest absolute Gasteiger partial charge is 0.314 e. The monoisotopic (exact) mass is 517 g/mol. The molecular formula is C25H19N5O2S3. The minimum Gasteiger partial charge on any atom is -0.385 e. The molecule has 0 amide bonds. The number of hydrogen-bond acceptors (Lipinski definition) is 6. The molecule has 0 aliphatic carbocycles. The molecule has 4 rings (SSSR count). The van der Waals surface area contributed by atoms with Crippen molar-refractivity contribution in [3.05, 3.63) is 106 Å². The van der Waals surface area contributed by atoms with Crippen LogP contribution in [0, 0.1) is 17.9 Å². The summed E-state index contributed by atoms with van der Waals surface area (Å²) in [6, 6.07) is 25.6. The summed E-state index contributed by atoms with van der Waals surface area (Å²) in [5, 5.41) is 9.29. The van der Waals surface area contributed by atoms with Crippen LogP contribution in [0.15, 0.2) is 89.6 Å². The van der Waals surface area contributed by atoms with Crippen molar-refractivity contribution in [1.29, 1.82) is 5.26 Å². The zero-order valence-electron chi connectivity index (χ0n) is 18.3. The summed E-state index contributed by atoms with van der Waals surface area (Å²) in [5.41, 5.74) is 2.33. The van der Waals surface area contributed by atoms with Crippen LogP contribution < -0.4 is 13.7 Å². The largest absolute Gasteiger partial charge is 0.385 e. The Kier molecular flexibility index (Phi) is 8.01. The zero-order valence-corrected chi connectivity index (χ0v) is 20.8. The van der Waals surface area contributed by atoms with Gasteiger partial charge in [-0.1, -0.05) is 53.8 Å². The highest BCUT2D eigenvalue weighted by Gasteiger charge is 2.14. The fourth-order valence-corrected chi connectivity index (χ4v) is 5.27. The molecule has 0 aliphatic rings. The van der Waals surface area contributed by atoms with Crippen LogP contribution in [0.5, 0.6) is 5.75 Å². The van der Waals surface area contributed by atoms with E-state index in [2.05, 4.69) is 38.9 Å². The second-order valence-electron chi connectivity index (χ2n) is 7.07. The number of para-hydroxylation sites is 1. The number of rotatable bonds is 8. The molecule has 0 saturated heterocycles. The number of allylic oxidation sites excluding steroid dienone is 1. The Balaban J connectivity index is 1.54. The molecule has 7 nitrogen and oxygen atoms in total. The predicted molar refractivity (Wildman–Crippen MR) is 143 cm³/mol. The van der Waals surface area contributed by atoms with Crippen molar-refractivity contribution < 1.29 is 8.39 Å². The minimum absolute atomic E-state index is 0.145. The van der Waals surface area contributed by atoms with E-state index in [1.807, 2.05) is 24.3 Å². The molecule has 0 fully saturated rings. The Morgan fingerprint density at radius 3 is 2.54 bits per heavy atom. The van der Waals surface area contributed by atoms with E-state index in [4.69, 9.17) is 15.7 Å². The van der Waals surface area contributed by atoms with Gasteiger partial charge in [0.2, 0.25) is 0 Å². The van der Waals surface area contributed by atoms with Gasteiger partial charge in [-0.15, -0.1) is 0 Å². The number of hydrogen-bond donors (Lipinski definition) is 2. The lowest BCUT2D eigenvalue weighted by Crippen LogP contribution is -2.21. The molecule has 0 saturated carbocycles. The second kappa shape index (κ2) is 11.5. The van der Waals surface area contributed by atoms with Crippen molar-refractivity contribution in [2.24, 2.45) is 4.99 Å². The van der Waals surface area contributed by atoms with Crippen molar-refractivity contribution in [1.82, 2.24) is 9.29 Å². The maximum atomic E-state index is 12.6. The minimum atomic E-state index is -2.03. The summed E-state index contributed by atoms with van der Waals surface area (Å²) in [6.07, 6.45) is 0. The molecule has 3 aromatic carbocycles. The summed E-state index contributed by atoms with van der Waals surface area (Å²) in [6.45, 7) is 7.99. The molecule has 0 spiro atoms. The van der Waals surface area contributed by atoms with E-state index in [9.17, 15) is 9.47 Å². The lowest BCUT2D eigenvalue weighted by Gasteiger charge is -2.11. The van der Waals surface area contributed by atoms with Gasteiger partial charge in [-0.2, -0.15) is 16.8 Å². The van der Waals surface area contributed by atoms with Crippen molar-refractivity contribution >= 4 is 56.8 Å². The normalized spacial score (nSPS) is 12.9. The van der Waals surface area contributed by atoms with Crippen LogP contribution in [0.4, 0.5) is 5.69 Å². The maximum absolute atomic E-state index is 12.6. The number of nitrogens with zero attached hydrogens (tertiary/aromatic N) is 4. The SMILES string of the molecule is [C-]#[N+]C(C#N)=C(NS(=O)Oc1ccc(N=c2sc3ccccc3n2CCS)cc1)c1ccccc1. The van der Waals surface area contributed by atoms with Gasteiger partial charge in [0.05, 0.1) is 34.2 Å². The molecule has 10 heteroatoms. The van der Waals surface area contributed by atoms with E-state index in [-0.39, 0.29) is 11.4 Å². The number of nitrogens with one attached hydrogen (secondary N) is 1. The van der Waals surface area contributed by atoms with Gasteiger partial charge in [0.15, 0.2) is 4.80 Å². The molecule has 1 aromatic heterocycles. The van der Waals surface area contributed by atoms with E-state index in [1.165, 1.54) is 0 Å². The highest BCUT2D eigenvalue weighted by molar-refractivity contribution is 7.80. The number of nitriles is 1. The van der Waals surface area contributed by atoms with Crippen molar-refractivity contribution in [2.75, 3.05) is 5.75 Å². The first-order valence-corrected chi connectivity index (χ1v) is 12.9. The van der Waals surface area contributed by atoms with Gasteiger partial charge in [-0.3, -0.25) is 4.72 Å². The average Bonchev–Trinajstić information content (AvgIpc) is 3.23. The summed E-state index contributed by atoms with van der Waals surface area (Å²) in [5.74, 6) is 1.04. The van der Waals surface area contributed by atoms with E-state index in [0.717, 1.165) is 27.3 Å². The first-order chi connectivity index (χ1) is 17.1. The van der Waals surface area contributed by atoms with Crippen LogP contribution >= 0.6 is 24.0 Å². The van der Waals surface area contributed by atoms with Gasteiger partial charge >= 0.3 is 11.3 Å². The summed E-state index contributed by atoms with van der Waals surface area (Å²) in [4.78, 5) is 8.86. The molecule has 0 radical (unpaired) electrons. The van der Waals surface area contributed by atoms with Gasteiger partial charge in [0.1, 0.15) is 5.75 Å². The summed E-state index contributed by atoms with van der Waals surface area (Å²) < 4.78 is 24.0. The van der Waals surface area contributed by atoms with Crippen LogP contribution in [-0.2, 0) is 17.8 Å². The van der Waals surface area contributed by atoms with Crippen LogP contribution in [0.3, 0.4) is 0 Å². The zero-order chi connectivity index (χ0) is 24.6. The quantitative estimate of drug-likeness (QED) is 0.191. The van der Waals surface area contributed by atoms with Gasteiger partial charge in [-0.25, -0.2) is 15.1 Å². The topological polar surface area (TPSA) is 83.8 Å². The molecule has 0 aliphatic heterocycles. The molecule has 174 valence electrons. The fourth-order valence-electron chi connectivity index (χ4n) is 3.29. The van der Waals surface area contributed by atoms with Crippen molar-refractivity contribution in [3.8, 4) is 11.8 Å². The van der Waals surface area contributed by atoms with Crippen LogP contribution in [0.25, 0.3) is 20.8 Å². The fraction of sp³-hybridized carbons (Fsp3) is 0.0800. The molecule has 1 N–H and O–H groups in total. The van der Waals surface area contributed by atoms with Gasteiger partial charge in [0.25, 0.3) is 5.70 Å². The van der Waals surface area contributed by atoms with E-state index >= 15 is 0 Å². The number of thiazole rings is 1. The molecule has 1 unspecified atom stereocenters. The number of thiol groups is 1. The first kappa shape index (κ1) is 24.3. The molecule has 1 atom stereocenters. The third kappa shape index (κ3) is 5.81. The third-order valence-corrected chi connectivity index (χ3v) is 6.82. The van der Waals surface area contributed by atoms with Crippen LogP contribution in [0.1, 0.15) is 5.56 Å². The number of aryl methyl sites for hydroxylation is 1. The highest BCUT2D eigenvalue weighted by atomic mass is 32.2. The molecule has 4 aromatic rings. The van der Waals surface area contributed by atoms with Crippen LogP contribution in [0.2, 0.25) is 0 Å². The molecule has 0 bridgehead atoms. The van der Waals surface area contributed by atoms with Gasteiger partial charge in [0, 0.05) is 12.3 Å². The number of aromatic nitrogens is 1. The predicted octanol–water partition coefficient (Wildman–Crippen LogP) is 5.22. The van der Waals surface area contributed by atoms with Gasteiger partial charge < -0.3 is 8.75 Å². The Hall–Kier alpha value is -3.83. The van der Waals surface area contributed by atoms with E-state index in [1.54, 1.807) is 59.9 Å². The lowest BCUT2D eigenvalue weighted by atomic mass is 10.1. The van der Waals surface area contributed by atoms with E-state index < -0.39 is 11.3 Å². The van der Waals surface area contributed by atoms with Crippen LogP contribution in [-0.4, -0.2) is 14.5 Å². The van der Waals surface area contributed by atoms with Crippen molar-refractivity contribution in [3.63, 3.8) is 0 Å². The summed E-state index contributed by atoms with van der Waals surface area (Å²) in [7, 11) is 0. The average molecular weight is 518 g/mol. The molecule has 35 heavy (non-hydrogen) atoms. The second-order valence-corrected chi connectivity index (χ2v) is 9.36.